The summed E-state index contributed by atoms with van der Waals surface area (Å²) in [6.45, 7) is 1.70. The lowest BCUT2D eigenvalue weighted by Crippen LogP contribution is -2.47. The van der Waals surface area contributed by atoms with Crippen molar-refractivity contribution in [3.8, 4) is 0 Å². The Morgan fingerprint density at radius 3 is 2.32 bits per heavy atom. The Balaban J connectivity index is 1.83. The minimum atomic E-state index is -4.43. The second kappa shape index (κ2) is 6.50. The zero-order chi connectivity index (χ0) is 18.1. The topological polar surface area (TPSA) is 68.0 Å². The van der Waals surface area contributed by atoms with Crippen LogP contribution in [0.25, 0.3) is 0 Å². The molecule has 1 aliphatic rings. The van der Waals surface area contributed by atoms with Gasteiger partial charge in [-0.1, -0.05) is 24.4 Å². The van der Waals surface area contributed by atoms with Crippen molar-refractivity contribution in [2.24, 2.45) is 0 Å². The van der Waals surface area contributed by atoms with Crippen molar-refractivity contribution >= 4 is 5.91 Å². The molecule has 0 saturated heterocycles. The van der Waals surface area contributed by atoms with Crippen molar-refractivity contribution in [1.82, 2.24) is 15.5 Å². The molecule has 0 spiro atoms. The number of aromatic nitrogens is 2. The summed E-state index contributed by atoms with van der Waals surface area (Å²) < 4.78 is 43.2. The van der Waals surface area contributed by atoms with Gasteiger partial charge in [0.05, 0.1) is 5.56 Å². The van der Waals surface area contributed by atoms with E-state index in [0.717, 1.165) is 31.4 Å². The predicted molar refractivity (Wildman–Crippen MR) is 82.7 cm³/mol. The molecule has 1 fully saturated rings. The molecule has 3 rings (SSSR count). The van der Waals surface area contributed by atoms with Gasteiger partial charge < -0.3 is 9.84 Å². The third-order valence-electron chi connectivity index (χ3n) is 4.47. The molecule has 1 aromatic carbocycles. The molecule has 0 radical (unpaired) electrons. The van der Waals surface area contributed by atoms with E-state index in [4.69, 9.17) is 4.52 Å². The van der Waals surface area contributed by atoms with E-state index in [1.54, 1.807) is 6.92 Å². The molecule has 0 bridgehead atoms. The van der Waals surface area contributed by atoms with Crippen LogP contribution in [0.3, 0.4) is 0 Å². The first-order valence-corrected chi connectivity index (χ1v) is 8.11. The molecule has 1 amide bonds. The largest absolute Gasteiger partial charge is 0.416 e. The average Bonchev–Trinajstić information content (AvgIpc) is 3.02. The van der Waals surface area contributed by atoms with E-state index in [1.807, 2.05) is 0 Å². The van der Waals surface area contributed by atoms with Crippen LogP contribution < -0.4 is 5.32 Å². The fraction of sp³-hybridized carbons (Fsp3) is 0.471. The molecule has 1 saturated carbocycles. The summed E-state index contributed by atoms with van der Waals surface area (Å²) in [5.74, 6) is 0.375. The zero-order valence-electron chi connectivity index (χ0n) is 13.7. The zero-order valence-corrected chi connectivity index (χ0v) is 13.7. The average molecular weight is 353 g/mol. The third kappa shape index (κ3) is 3.67. The first-order valence-electron chi connectivity index (χ1n) is 8.11. The number of carbonyl (C=O) groups is 1. The maximum atomic E-state index is 12.6. The number of benzene rings is 1. The second-order valence-electron chi connectivity index (χ2n) is 6.32. The van der Waals surface area contributed by atoms with Gasteiger partial charge in [-0.2, -0.15) is 18.2 Å². The van der Waals surface area contributed by atoms with Crippen molar-refractivity contribution in [3.05, 3.63) is 47.1 Å². The molecule has 8 heteroatoms. The van der Waals surface area contributed by atoms with Crippen LogP contribution in [0.5, 0.6) is 0 Å². The second-order valence-corrected chi connectivity index (χ2v) is 6.32. The molecular formula is C17H18F3N3O2. The van der Waals surface area contributed by atoms with E-state index in [-0.39, 0.29) is 5.56 Å². The Bertz CT molecular complexity index is 747. The number of alkyl halides is 3. The smallest absolute Gasteiger partial charge is 0.338 e. The van der Waals surface area contributed by atoms with Gasteiger partial charge in [-0.3, -0.25) is 4.79 Å². The van der Waals surface area contributed by atoms with Crippen molar-refractivity contribution in [3.63, 3.8) is 0 Å². The third-order valence-corrected chi connectivity index (χ3v) is 4.47. The Kier molecular flexibility index (Phi) is 4.53. The predicted octanol–water partition coefficient (Wildman–Crippen LogP) is 3.99. The molecular weight excluding hydrogens is 335 g/mol. The molecule has 0 atom stereocenters. The summed E-state index contributed by atoms with van der Waals surface area (Å²) in [7, 11) is 0. The Labute approximate surface area is 142 Å². The van der Waals surface area contributed by atoms with Gasteiger partial charge in [0.25, 0.3) is 11.8 Å². The van der Waals surface area contributed by atoms with Gasteiger partial charge in [-0.15, -0.1) is 0 Å². The molecule has 5 nitrogen and oxygen atoms in total. The molecule has 0 aliphatic heterocycles. The van der Waals surface area contributed by atoms with Crippen LogP contribution in [0.4, 0.5) is 13.2 Å². The van der Waals surface area contributed by atoms with E-state index in [0.29, 0.717) is 24.6 Å². The van der Waals surface area contributed by atoms with Crippen LogP contribution in [0.1, 0.15) is 59.7 Å². The number of rotatable bonds is 3. The Morgan fingerprint density at radius 1 is 1.16 bits per heavy atom. The van der Waals surface area contributed by atoms with E-state index >= 15 is 0 Å². The minimum Gasteiger partial charge on any atom is -0.338 e. The number of halogens is 3. The summed E-state index contributed by atoms with van der Waals surface area (Å²) in [6.07, 6.45) is -0.280. The van der Waals surface area contributed by atoms with Gasteiger partial charge in [0.1, 0.15) is 5.54 Å². The fourth-order valence-electron chi connectivity index (χ4n) is 3.14. The Hall–Kier alpha value is -2.38. The van der Waals surface area contributed by atoms with E-state index in [1.165, 1.54) is 12.1 Å². The summed E-state index contributed by atoms with van der Waals surface area (Å²) in [5.41, 5.74) is -1.39. The summed E-state index contributed by atoms with van der Waals surface area (Å²) >= 11 is 0. The summed E-state index contributed by atoms with van der Waals surface area (Å²) in [4.78, 5) is 16.8. The van der Waals surface area contributed by atoms with Crippen LogP contribution in [0, 0.1) is 6.92 Å². The molecule has 1 heterocycles. The standard InChI is InChI=1S/C17H18F3N3O2/c1-11-21-15(25-23-11)16(9-3-2-4-10-16)22-14(24)12-5-7-13(8-6-12)17(18,19)20/h5-8H,2-4,9-10H2,1H3,(H,22,24). The maximum absolute atomic E-state index is 12.6. The number of aryl methyl sites for hydroxylation is 1. The molecule has 134 valence electrons. The SMILES string of the molecule is Cc1noc(C2(NC(=O)c3ccc(C(F)(F)F)cc3)CCCCC2)n1. The van der Waals surface area contributed by atoms with Gasteiger partial charge in [0.2, 0.25) is 0 Å². The van der Waals surface area contributed by atoms with Crippen molar-refractivity contribution in [1.29, 1.82) is 0 Å². The van der Waals surface area contributed by atoms with Crippen molar-refractivity contribution in [2.45, 2.75) is 50.7 Å². The first-order chi connectivity index (χ1) is 11.8. The number of carbonyl (C=O) groups excluding carboxylic acids is 1. The molecule has 1 aliphatic carbocycles. The monoisotopic (exact) mass is 353 g/mol. The van der Waals surface area contributed by atoms with Crippen LogP contribution in [0.2, 0.25) is 0 Å². The summed E-state index contributed by atoms with van der Waals surface area (Å²) in [6, 6.07) is 4.15. The highest BCUT2D eigenvalue weighted by atomic mass is 19.4. The van der Waals surface area contributed by atoms with Gasteiger partial charge in [-0.25, -0.2) is 0 Å². The van der Waals surface area contributed by atoms with E-state index < -0.39 is 23.2 Å². The molecule has 1 aromatic heterocycles. The number of nitrogens with one attached hydrogen (secondary N) is 1. The van der Waals surface area contributed by atoms with E-state index in [9.17, 15) is 18.0 Å². The van der Waals surface area contributed by atoms with Gasteiger partial charge in [0, 0.05) is 5.56 Å². The van der Waals surface area contributed by atoms with Crippen LogP contribution in [-0.2, 0) is 11.7 Å². The van der Waals surface area contributed by atoms with Gasteiger partial charge >= 0.3 is 6.18 Å². The number of hydrogen-bond donors (Lipinski definition) is 1. The quantitative estimate of drug-likeness (QED) is 0.906. The Morgan fingerprint density at radius 2 is 1.80 bits per heavy atom. The maximum Gasteiger partial charge on any atom is 0.416 e. The van der Waals surface area contributed by atoms with Crippen LogP contribution in [-0.4, -0.2) is 16.0 Å². The molecule has 0 unspecified atom stereocenters. The van der Waals surface area contributed by atoms with Gasteiger partial charge in [-0.05, 0) is 44.0 Å². The molecule has 2 aromatic rings. The highest BCUT2D eigenvalue weighted by molar-refractivity contribution is 5.94. The van der Waals surface area contributed by atoms with Crippen LogP contribution >= 0.6 is 0 Å². The normalized spacial score (nSPS) is 17.3. The van der Waals surface area contributed by atoms with Crippen LogP contribution in [0.15, 0.2) is 28.8 Å². The van der Waals surface area contributed by atoms with E-state index in [2.05, 4.69) is 15.5 Å². The highest BCUT2D eigenvalue weighted by Gasteiger charge is 2.40. The number of nitrogens with zero attached hydrogens (tertiary/aromatic N) is 2. The van der Waals surface area contributed by atoms with Gasteiger partial charge in [0.15, 0.2) is 5.82 Å². The summed E-state index contributed by atoms with van der Waals surface area (Å²) in [5, 5.41) is 6.71. The fourth-order valence-corrected chi connectivity index (χ4v) is 3.14. The number of hydrogen-bond acceptors (Lipinski definition) is 4. The number of amides is 1. The highest BCUT2D eigenvalue weighted by Crippen LogP contribution is 2.36. The molecule has 25 heavy (non-hydrogen) atoms. The minimum absolute atomic E-state index is 0.161. The first kappa shape index (κ1) is 17.4. The van der Waals surface area contributed by atoms with Crippen molar-refractivity contribution < 1.29 is 22.5 Å². The molecule has 1 N–H and O–H groups in total. The van der Waals surface area contributed by atoms with Crippen molar-refractivity contribution in [2.75, 3.05) is 0 Å². The lowest BCUT2D eigenvalue weighted by molar-refractivity contribution is -0.137. The lowest BCUT2D eigenvalue weighted by Gasteiger charge is -2.34. The lowest BCUT2D eigenvalue weighted by atomic mass is 9.81.